The highest BCUT2D eigenvalue weighted by atomic mass is 31.2. The zero-order chi connectivity index (χ0) is 41.4. The van der Waals surface area contributed by atoms with Gasteiger partial charge in [-0.1, -0.05) is 125 Å². The molecule has 0 fully saturated rings. The van der Waals surface area contributed by atoms with E-state index in [4.69, 9.17) is 19.4 Å². The summed E-state index contributed by atoms with van der Waals surface area (Å²) in [5.74, 6) is 4.77. The molecule has 0 heterocycles. The van der Waals surface area contributed by atoms with Crippen LogP contribution in [0, 0.1) is 6.92 Å². The highest BCUT2D eigenvalue weighted by Gasteiger charge is 2.23. The normalized spacial score (nSPS) is 14.9. The molecule has 6 atom stereocenters. The van der Waals surface area contributed by atoms with Crippen LogP contribution in [0.1, 0.15) is 196 Å². The van der Waals surface area contributed by atoms with Crippen molar-refractivity contribution >= 4 is 30.1 Å². The van der Waals surface area contributed by atoms with Crippen molar-refractivity contribution in [2.75, 3.05) is 0 Å². The second kappa shape index (κ2) is 20.4. The van der Waals surface area contributed by atoms with E-state index in [1.807, 2.05) is 0 Å². The Hall–Kier alpha value is -3.27. The van der Waals surface area contributed by atoms with Gasteiger partial charge in [-0.05, 0) is 172 Å². The summed E-state index contributed by atoms with van der Waals surface area (Å²) in [5, 5.41) is 5.45. The Balaban J connectivity index is 0.00000166. The standard InChI is InChI=1S/C51H68O.H3O3P/c1-14-32(8)38-23-40-27-44(36(12)18-5)48(29-46(40)42(25-38)34(10)16-3)49-22-31(7)20-21-50(49)52-51-30-47-41(28-45(51)37(13)19-6)24-39(33(9)15-2)26-43(47)35(11)17-4;1-4(2)3/h20-30,32-37H,14-19H2,1-13H3;1-3H. The largest absolute Gasteiger partial charge is 0.456 e. The molecule has 0 aliphatic carbocycles. The van der Waals surface area contributed by atoms with Crippen LogP contribution < -0.4 is 4.74 Å². The van der Waals surface area contributed by atoms with Crippen LogP contribution in [0.25, 0.3) is 32.7 Å². The summed E-state index contributed by atoms with van der Waals surface area (Å²) in [6.45, 7) is 30.3. The molecule has 5 rings (SSSR count). The lowest BCUT2D eigenvalue weighted by Crippen LogP contribution is -2.03. The van der Waals surface area contributed by atoms with Crippen molar-refractivity contribution in [2.24, 2.45) is 0 Å². The fourth-order valence-corrected chi connectivity index (χ4v) is 7.86. The van der Waals surface area contributed by atoms with Gasteiger partial charge in [-0.25, -0.2) is 0 Å². The maximum absolute atomic E-state index is 7.29. The van der Waals surface area contributed by atoms with Crippen LogP contribution in [0.15, 0.2) is 66.7 Å². The molecule has 0 aromatic heterocycles. The lowest BCUT2D eigenvalue weighted by Gasteiger charge is -2.24. The first-order valence-corrected chi connectivity index (χ1v) is 22.7. The number of aryl methyl sites for hydroxylation is 1. The molecule has 4 nitrogen and oxygen atoms in total. The highest BCUT2D eigenvalue weighted by molar-refractivity contribution is 7.38. The third-order valence-electron chi connectivity index (χ3n) is 12.9. The van der Waals surface area contributed by atoms with Gasteiger partial charge in [-0.3, -0.25) is 0 Å². The topological polar surface area (TPSA) is 69.9 Å². The number of benzene rings is 5. The smallest absolute Gasteiger partial charge is 0.324 e. The minimum absolute atomic E-state index is 0.377. The van der Waals surface area contributed by atoms with Crippen LogP contribution >= 0.6 is 8.60 Å². The number of fused-ring (bicyclic) bond motifs is 2. The summed E-state index contributed by atoms with van der Waals surface area (Å²) < 4.78 is 7.29. The molecule has 0 spiro atoms. The van der Waals surface area contributed by atoms with E-state index in [1.165, 1.54) is 71.6 Å². The van der Waals surface area contributed by atoms with Gasteiger partial charge < -0.3 is 19.4 Å². The molecule has 5 aromatic carbocycles. The Morgan fingerprint density at radius 2 is 0.857 bits per heavy atom. The summed E-state index contributed by atoms with van der Waals surface area (Å²) in [6, 6.07) is 26.6. The Labute approximate surface area is 340 Å². The summed E-state index contributed by atoms with van der Waals surface area (Å²) in [6.07, 6.45) is 6.68. The molecule has 0 bridgehead atoms. The molecular formula is C51H71O4P. The van der Waals surface area contributed by atoms with Gasteiger partial charge in [0, 0.05) is 5.56 Å². The molecular weight excluding hydrogens is 708 g/mol. The monoisotopic (exact) mass is 779 g/mol. The summed E-state index contributed by atoms with van der Waals surface area (Å²) in [7, 11) is -2.62. The Bertz CT molecular complexity index is 2060. The molecule has 304 valence electrons. The van der Waals surface area contributed by atoms with Crippen LogP contribution in [0.2, 0.25) is 0 Å². The lowest BCUT2D eigenvalue weighted by atomic mass is 9.82. The second-order valence-corrected chi connectivity index (χ2v) is 17.3. The van der Waals surface area contributed by atoms with Gasteiger partial charge in [0.2, 0.25) is 0 Å². The molecule has 0 aliphatic heterocycles. The summed E-state index contributed by atoms with van der Waals surface area (Å²) >= 11 is 0. The van der Waals surface area contributed by atoms with Gasteiger partial charge in [-0.15, -0.1) is 0 Å². The fourth-order valence-electron chi connectivity index (χ4n) is 7.86. The zero-order valence-corrected chi connectivity index (χ0v) is 37.6. The molecule has 56 heavy (non-hydrogen) atoms. The number of hydrogen-bond donors (Lipinski definition) is 3. The molecule has 0 aliphatic rings. The maximum atomic E-state index is 7.29. The van der Waals surface area contributed by atoms with Crippen molar-refractivity contribution in [3.8, 4) is 22.6 Å². The first kappa shape index (κ1) is 45.4. The molecule has 0 saturated heterocycles. The molecule has 0 amide bonds. The third kappa shape index (κ3) is 10.4. The van der Waals surface area contributed by atoms with E-state index in [0.29, 0.717) is 35.5 Å². The predicted octanol–water partition coefficient (Wildman–Crippen LogP) is 16.0. The van der Waals surface area contributed by atoms with E-state index in [1.54, 1.807) is 0 Å². The quantitative estimate of drug-likeness (QED) is 0.0926. The van der Waals surface area contributed by atoms with Crippen LogP contribution in [0.4, 0.5) is 0 Å². The van der Waals surface area contributed by atoms with Crippen molar-refractivity contribution in [1.29, 1.82) is 0 Å². The van der Waals surface area contributed by atoms with Gasteiger partial charge >= 0.3 is 8.60 Å². The minimum Gasteiger partial charge on any atom is -0.456 e. The van der Waals surface area contributed by atoms with Crippen molar-refractivity contribution in [3.05, 3.63) is 106 Å². The SMILES string of the molecule is CCC(C)c1cc(C(C)CC)c2cc(Oc3ccc(C)cc3-c3cc4c(C(C)CC)cc(C(C)CC)cc4cc3C(C)CC)c(C(C)CC)cc2c1.OP(O)O. The molecule has 3 N–H and O–H groups in total. The molecule has 5 aromatic rings. The highest BCUT2D eigenvalue weighted by Crippen LogP contribution is 2.46. The van der Waals surface area contributed by atoms with E-state index in [0.717, 1.165) is 50.0 Å². The van der Waals surface area contributed by atoms with E-state index < -0.39 is 8.60 Å². The number of hydrogen-bond acceptors (Lipinski definition) is 4. The second-order valence-electron chi connectivity index (χ2n) is 16.7. The Morgan fingerprint density at radius 3 is 1.32 bits per heavy atom. The molecule has 0 radical (unpaired) electrons. The first-order valence-electron chi connectivity index (χ1n) is 21.5. The van der Waals surface area contributed by atoms with Crippen molar-refractivity contribution in [1.82, 2.24) is 0 Å². The molecule has 6 unspecified atom stereocenters. The number of rotatable bonds is 15. The van der Waals surface area contributed by atoms with E-state index in [2.05, 4.69) is 157 Å². The number of ether oxygens (including phenoxy) is 1. The third-order valence-corrected chi connectivity index (χ3v) is 12.9. The van der Waals surface area contributed by atoms with Gasteiger partial charge in [0.05, 0.1) is 0 Å². The van der Waals surface area contributed by atoms with Gasteiger partial charge in [-0.2, -0.15) is 0 Å². The molecule has 5 heteroatoms. The van der Waals surface area contributed by atoms with Crippen molar-refractivity contribution in [3.63, 3.8) is 0 Å². The lowest BCUT2D eigenvalue weighted by molar-refractivity contribution is 0.368. The van der Waals surface area contributed by atoms with Gasteiger partial charge in [0.15, 0.2) is 0 Å². The van der Waals surface area contributed by atoms with Crippen LogP contribution in [-0.2, 0) is 0 Å². The van der Waals surface area contributed by atoms with E-state index in [9.17, 15) is 0 Å². The van der Waals surface area contributed by atoms with Crippen LogP contribution in [0.3, 0.4) is 0 Å². The average molecular weight is 779 g/mol. The average Bonchev–Trinajstić information content (AvgIpc) is 3.20. The van der Waals surface area contributed by atoms with Crippen LogP contribution in [-0.4, -0.2) is 14.7 Å². The van der Waals surface area contributed by atoms with Crippen molar-refractivity contribution in [2.45, 2.75) is 164 Å². The Morgan fingerprint density at radius 1 is 0.446 bits per heavy atom. The molecule has 0 saturated carbocycles. The summed E-state index contributed by atoms with van der Waals surface area (Å²) in [5.41, 5.74) is 12.3. The maximum Gasteiger partial charge on any atom is 0.324 e. The van der Waals surface area contributed by atoms with Crippen LogP contribution in [0.5, 0.6) is 11.5 Å². The van der Waals surface area contributed by atoms with Crippen molar-refractivity contribution < 1.29 is 19.4 Å². The fraction of sp³-hybridized carbons (Fsp3) is 0.490. The summed E-state index contributed by atoms with van der Waals surface area (Å²) in [4.78, 5) is 21.7. The van der Waals surface area contributed by atoms with E-state index in [-0.39, 0.29) is 0 Å². The zero-order valence-electron chi connectivity index (χ0n) is 36.8. The minimum atomic E-state index is -2.62. The van der Waals surface area contributed by atoms with Gasteiger partial charge in [0.25, 0.3) is 0 Å². The first-order chi connectivity index (χ1) is 26.6. The van der Waals surface area contributed by atoms with E-state index >= 15 is 0 Å². The van der Waals surface area contributed by atoms with Gasteiger partial charge in [0.1, 0.15) is 11.5 Å². The Kier molecular flexibility index (Phi) is 16.6. The predicted molar refractivity (Wildman–Crippen MR) is 244 cm³/mol.